The highest BCUT2D eigenvalue weighted by Gasteiger charge is 2.28. The van der Waals surface area contributed by atoms with Crippen molar-refractivity contribution in [1.82, 2.24) is 15.6 Å². The van der Waals surface area contributed by atoms with Crippen molar-refractivity contribution in [3.8, 4) is 0 Å². The van der Waals surface area contributed by atoms with Gasteiger partial charge in [-0.15, -0.1) is 0 Å². The standard InChI is InChI=1S/C17H16ClFN4O2/c18-12-4-9-3-10(16(24)22-13-1-2-20-17(13)25)6-21-14(9)5-15(12)23-7-11(19)8-23/h3-6,11,13H,1-2,7-8H2,(H,20,25)(H,22,24). The van der Waals surface area contributed by atoms with E-state index in [9.17, 15) is 14.0 Å². The topological polar surface area (TPSA) is 74.3 Å². The average molecular weight is 363 g/mol. The number of fused-ring (bicyclic) bond motifs is 1. The van der Waals surface area contributed by atoms with Crippen LogP contribution in [0.3, 0.4) is 0 Å². The molecule has 6 nitrogen and oxygen atoms in total. The quantitative estimate of drug-likeness (QED) is 0.871. The number of nitrogens with one attached hydrogen (secondary N) is 2. The average Bonchev–Trinajstić information content (AvgIpc) is 2.96. The van der Waals surface area contributed by atoms with Gasteiger partial charge in [0.05, 0.1) is 34.9 Å². The van der Waals surface area contributed by atoms with E-state index in [1.165, 1.54) is 6.20 Å². The molecule has 0 aliphatic carbocycles. The Hall–Kier alpha value is -2.41. The summed E-state index contributed by atoms with van der Waals surface area (Å²) in [5.41, 5.74) is 1.79. The molecule has 1 aromatic carbocycles. The van der Waals surface area contributed by atoms with Gasteiger partial charge < -0.3 is 15.5 Å². The molecule has 0 bridgehead atoms. The molecule has 0 saturated carbocycles. The second kappa shape index (κ2) is 6.15. The van der Waals surface area contributed by atoms with Gasteiger partial charge in [-0.2, -0.15) is 0 Å². The minimum absolute atomic E-state index is 0.171. The molecule has 8 heteroatoms. The van der Waals surface area contributed by atoms with Crippen LogP contribution in [-0.2, 0) is 4.79 Å². The molecule has 0 radical (unpaired) electrons. The van der Waals surface area contributed by atoms with Crippen molar-refractivity contribution in [2.24, 2.45) is 0 Å². The Labute approximate surface area is 148 Å². The molecule has 1 unspecified atom stereocenters. The summed E-state index contributed by atoms with van der Waals surface area (Å²) in [4.78, 5) is 30.1. The third kappa shape index (κ3) is 3.00. The summed E-state index contributed by atoms with van der Waals surface area (Å²) in [6, 6.07) is 4.71. The number of benzene rings is 1. The van der Waals surface area contributed by atoms with Crippen LogP contribution < -0.4 is 15.5 Å². The van der Waals surface area contributed by atoms with E-state index < -0.39 is 12.2 Å². The van der Waals surface area contributed by atoms with Gasteiger partial charge >= 0.3 is 0 Å². The Morgan fingerprint density at radius 2 is 2.16 bits per heavy atom. The van der Waals surface area contributed by atoms with Crippen LogP contribution in [0, 0.1) is 0 Å². The zero-order valence-corrected chi connectivity index (χ0v) is 14.0. The number of halogens is 2. The number of amides is 2. The minimum Gasteiger partial charge on any atom is -0.364 e. The largest absolute Gasteiger partial charge is 0.364 e. The van der Waals surface area contributed by atoms with Crippen LogP contribution in [0.2, 0.25) is 5.02 Å². The van der Waals surface area contributed by atoms with E-state index in [0.717, 1.165) is 11.1 Å². The van der Waals surface area contributed by atoms with E-state index >= 15 is 0 Å². The van der Waals surface area contributed by atoms with E-state index in [-0.39, 0.29) is 11.8 Å². The van der Waals surface area contributed by atoms with Crippen LogP contribution in [-0.4, -0.2) is 48.6 Å². The van der Waals surface area contributed by atoms with E-state index in [1.807, 2.05) is 4.90 Å². The van der Waals surface area contributed by atoms with Crippen LogP contribution in [0.5, 0.6) is 0 Å². The highest BCUT2D eigenvalue weighted by molar-refractivity contribution is 6.34. The normalized spacial score (nSPS) is 20.5. The maximum atomic E-state index is 13.1. The summed E-state index contributed by atoms with van der Waals surface area (Å²) >= 11 is 6.30. The number of alkyl halides is 1. The molecule has 130 valence electrons. The zero-order chi connectivity index (χ0) is 17.6. The fourth-order valence-corrected chi connectivity index (χ4v) is 3.39. The number of anilines is 1. The first-order valence-corrected chi connectivity index (χ1v) is 8.46. The smallest absolute Gasteiger partial charge is 0.253 e. The number of pyridine rings is 1. The lowest BCUT2D eigenvalue weighted by atomic mass is 10.1. The van der Waals surface area contributed by atoms with E-state index in [2.05, 4.69) is 15.6 Å². The molecule has 2 fully saturated rings. The second-order valence-corrected chi connectivity index (χ2v) is 6.74. The molecular weight excluding hydrogens is 347 g/mol. The van der Waals surface area contributed by atoms with Crippen LogP contribution in [0.4, 0.5) is 10.1 Å². The molecule has 2 saturated heterocycles. The lowest BCUT2D eigenvalue weighted by Gasteiger charge is -2.37. The number of carbonyl (C=O) groups excluding carboxylic acids is 2. The SMILES string of the molecule is O=C(NC1CCNC1=O)c1cnc2cc(N3CC(F)C3)c(Cl)cc2c1. The van der Waals surface area contributed by atoms with Gasteiger partial charge in [-0.1, -0.05) is 11.6 Å². The van der Waals surface area contributed by atoms with Crippen molar-refractivity contribution in [2.45, 2.75) is 18.6 Å². The van der Waals surface area contributed by atoms with Gasteiger partial charge in [-0.3, -0.25) is 14.6 Å². The molecule has 1 atom stereocenters. The van der Waals surface area contributed by atoms with Crippen LogP contribution in [0.25, 0.3) is 10.9 Å². The molecular formula is C17H16ClFN4O2. The van der Waals surface area contributed by atoms with Crippen LogP contribution >= 0.6 is 11.6 Å². The molecule has 2 aliphatic heterocycles. The number of aromatic nitrogens is 1. The lowest BCUT2D eigenvalue weighted by Crippen LogP contribution is -2.48. The molecule has 1 aromatic heterocycles. The fraction of sp³-hybridized carbons (Fsp3) is 0.353. The Balaban J connectivity index is 1.58. The maximum absolute atomic E-state index is 13.1. The number of hydrogen-bond donors (Lipinski definition) is 2. The van der Waals surface area contributed by atoms with Crippen molar-refractivity contribution in [3.05, 3.63) is 35.0 Å². The van der Waals surface area contributed by atoms with Crippen molar-refractivity contribution in [3.63, 3.8) is 0 Å². The third-order valence-electron chi connectivity index (χ3n) is 4.54. The summed E-state index contributed by atoms with van der Waals surface area (Å²) in [7, 11) is 0. The predicted octanol–water partition coefficient (Wildman–Crippen LogP) is 1.66. The first-order chi connectivity index (χ1) is 12.0. The zero-order valence-electron chi connectivity index (χ0n) is 13.3. The molecule has 2 amide bonds. The number of hydrogen-bond acceptors (Lipinski definition) is 4. The molecule has 4 rings (SSSR count). The molecule has 0 spiro atoms. The van der Waals surface area contributed by atoms with Gasteiger partial charge in [0.15, 0.2) is 0 Å². The van der Waals surface area contributed by atoms with Crippen LogP contribution in [0.1, 0.15) is 16.8 Å². The molecule has 2 N–H and O–H groups in total. The number of carbonyl (C=O) groups is 2. The van der Waals surface area contributed by atoms with Gasteiger partial charge in [0.2, 0.25) is 5.91 Å². The maximum Gasteiger partial charge on any atom is 0.253 e. The number of rotatable bonds is 3. The molecule has 3 heterocycles. The molecule has 2 aliphatic rings. The number of nitrogens with zero attached hydrogens (tertiary/aromatic N) is 2. The van der Waals surface area contributed by atoms with E-state index in [0.29, 0.717) is 42.2 Å². The monoisotopic (exact) mass is 362 g/mol. The summed E-state index contributed by atoms with van der Waals surface area (Å²) in [5, 5.41) is 6.59. The van der Waals surface area contributed by atoms with Crippen LogP contribution in [0.15, 0.2) is 24.4 Å². The fourth-order valence-electron chi connectivity index (χ4n) is 3.10. The summed E-state index contributed by atoms with van der Waals surface area (Å²) in [6.07, 6.45) is 1.22. The highest BCUT2D eigenvalue weighted by atomic mass is 35.5. The minimum atomic E-state index is -0.821. The molecule has 2 aromatic rings. The summed E-state index contributed by atoms with van der Waals surface area (Å²) in [6.45, 7) is 1.22. The van der Waals surface area contributed by atoms with Gasteiger partial charge in [0, 0.05) is 18.1 Å². The summed E-state index contributed by atoms with van der Waals surface area (Å²) < 4.78 is 13.1. The van der Waals surface area contributed by atoms with Crippen molar-refractivity contribution < 1.29 is 14.0 Å². The molecule has 25 heavy (non-hydrogen) atoms. The Morgan fingerprint density at radius 3 is 2.84 bits per heavy atom. The van der Waals surface area contributed by atoms with Gasteiger partial charge in [0.1, 0.15) is 12.2 Å². The summed E-state index contributed by atoms with van der Waals surface area (Å²) in [5.74, 6) is -0.518. The van der Waals surface area contributed by atoms with Crippen molar-refractivity contribution >= 4 is 40.0 Å². The Kier molecular flexibility index (Phi) is 3.95. The van der Waals surface area contributed by atoms with Gasteiger partial charge in [-0.25, -0.2) is 4.39 Å². The van der Waals surface area contributed by atoms with Gasteiger partial charge in [0.25, 0.3) is 5.91 Å². The third-order valence-corrected chi connectivity index (χ3v) is 4.85. The van der Waals surface area contributed by atoms with Crippen molar-refractivity contribution in [1.29, 1.82) is 0 Å². The second-order valence-electron chi connectivity index (χ2n) is 6.33. The van der Waals surface area contributed by atoms with Crippen molar-refractivity contribution in [2.75, 3.05) is 24.5 Å². The first kappa shape index (κ1) is 16.1. The van der Waals surface area contributed by atoms with Gasteiger partial charge in [-0.05, 0) is 24.6 Å². The first-order valence-electron chi connectivity index (χ1n) is 8.08. The Morgan fingerprint density at radius 1 is 1.36 bits per heavy atom. The highest BCUT2D eigenvalue weighted by Crippen LogP contribution is 2.33. The lowest BCUT2D eigenvalue weighted by molar-refractivity contribution is -0.120. The van der Waals surface area contributed by atoms with E-state index in [1.54, 1.807) is 18.2 Å². The van der Waals surface area contributed by atoms with E-state index in [4.69, 9.17) is 11.6 Å². The predicted molar refractivity (Wildman–Crippen MR) is 92.7 cm³/mol. The Bertz CT molecular complexity index is 869.